The van der Waals surface area contributed by atoms with Crippen molar-refractivity contribution in [3.8, 4) is 0 Å². The summed E-state index contributed by atoms with van der Waals surface area (Å²) in [6, 6.07) is 8.95. The summed E-state index contributed by atoms with van der Waals surface area (Å²) in [5, 5.41) is 4.59. The molecule has 0 saturated carbocycles. The van der Waals surface area contributed by atoms with Crippen molar-refractivity contribution in [1.29, 1.82) is 0 Å². The Balaban J connectivity index is 1.62. The largest absolute Gasteiger partial charge is 0.463 e. The third-order valence-electron chi connectivity index (χ3n) is 5.41. The summed E-state index contributed by atoms with van der Waals surface area (Å²) in [7, 11) is 0. The SMILES string of the molecule is Cc1c(C(=O)c2ccc(Br)cc2)oc2cc3occ(C=C4C(=O)NC(=O)NC4=O)c(=O)c3cc12. The average Bonchev–Trinajstić information content (AvgIpc) is 3.12. The summed E-state index contributed by atoms with van der Waals surface area (Å²) in [5.74, 6) is -2.02. The highest BCUT2D eigenvalue weighted by molar-refractivity contribution is 9.10. The molecule has 9 nitrogen and oxygen atoms in total. The number of furan rings is 1. The summed E-state index contributed by atoms with van der Waals surface area (Å²) in [6.07, 6.45) is 2.15. The van der Waals surface area contributed by atoms with Crippen LogP contribution in [0.5, 0.6) is 0 Å². The summed E-state index contributed by atoms with van der Waals surface area (Å²) in [5.41, 5.74) is 0.587. The number of nitrogens with one attached hydrogen (secondary N) is 2. The standard InChI is InChI=1S/C24H13BrN2O7/c1-10-14-7-15-17(8-18(14)34-21(10)20(29)11-2-4-13(25)5-3-11)33-9-12(19(15)28)6-16-22(30)26-24(32)27-23(16)31/h2-9H,1H3,(H2,26,27,30,31,32). The van der Waals surface area contributed by atoms with E-state index in [1.54, 1.807) is 37.3 Å². The monoisotopic (exact) mass is 520 g/mol. The predicted octanol–water partition coefficient (Wildman–Crippen LogP) is 3.59. The number of imide groups is 2. The van der Waals surface area contributed by atoms with Crippen molar-refractivity contribution in [3.05, 3.63) is 85.4 Å². The topological polar surface area (TPSA) is 136 Å². The predicted molar refractivity (Wildman–Crippen MR) is 124 cm³/mol. The van der Waals surface area contributed by atoms with Crippen LogP contribution in [0.3, 0.4) is 0 Å². The second-order valence-corrected chi connectivity index (χ2v) is 8.47. The summed E-state index contributed by atoms with van der Waals surface area (Å²) < 4.78 is 12.2. The van der Waals surface area contributed by atoms with Crippen LogP contribution in [0, 0.1) is 6.92 Å². The van der Waals surface area contributed by atoms with Crippen LogP contribution < -0.4 is 16.1 Å². The van der Waals surface area contributed by atoms with Gasteiger partial charge >= 0.3 is 6.03 Å². The van der Waals surface area contributed by atoms with Crippen molar-refractivity contribution < 1.29 is 28.0 Å². The van der Waals surface area contributed by atoms with E-state index in [0.717, 1.165) is 16.8 Å². The van der Waals surface area contributed by atoms with Crippen LogP contribution in [-0.4, -0.2) is 23.6 Å². The first-order valence-corrected chi connectivity index (χ1v) is 10.7. The highest BCUT2D eigenvalue weighted by Gasteiger charge is 2.28. The number of barbiturate groups is 1. The molecule has 0 aliphatic carbocycles. The van der Waals surface area contributed by atoms with Gasteiger partial charge in [-0.15, -0.1) is 0 Å². The Morgan fingerprint density at radius 1 is 0.941 bits per heavy atom. The number of carbonyl (C=O) groups is 4. The minimum atomic E-state index is -0.941. The van der Waals surface area contributed by atoms with E-state index in [2.05, 4.69) is 15.9 Å². The Hall–Kier alpha value is -4.31. The van der Waals surface area contributed by atoms with Gasteiger partial charge in [-0.2, -0.15) is 0 Å². The second kappa shape index (κ2) is 7.92. The lowest BCUT2D eigenvalue weighted by molar-refractivity contribution is -0.123. The number of ketones is 1. The molecular formula is C24H13BrN2O7. The van der Waals surface area contributed by atoms with Crippen molar-refractivity contribution in [2.24, 2.45) is 0 Å². The van der Waals surface area contributed by atoms with Crippen molar-refractivity contribution in [2.75, 3.05) is 0 Å². The fourth-order valence-electron chi connectivity index (χ4n) is 3.67. The first-order chi connectivity index (χ1) is 16.2. The number of benzene rings is 2. The van der Waals surface area contributed by atoms with Gasteiger partial charge in [-0.25, -0.2) is 4.79 Å². The first-order valence-electron chi connectivity index (χ1n) is 9.90. The number of urea groups is 1. The molecule has 1 saturated heterocycles. The van der Waals surface area contributed by atoms with E-state index in [1.165, 1.54) is 6.07 Å². The number of fused-ring (bicyclic) bond motifs is 2. The minimum Gasteiger partial charge on any atom is -0.463 e. The maximum atomic E-state index is 13.1. The zero-order valence-electron chi connectivity index (χ0n) is 17.4. The normalized spacial score (nSPS) is 13.8. The van der Waals surface area contributed by atoms with Gasteiger partial charge in [0.25, 0.3) is 11.8 Å². The smallest absolute Gasteiger partial charge is 0.328 e. The fraction of sp³-hybridized carbons (Fsp3) is 0.0417. The molecule has 10 heteroatoms. The lowest BCUT2D eigenvalue weighted by Crippen LogP contribution is -2.51. The molecular weight excluding hydrogens is 508 g/mol. The Bertz CT molecular complexity index is 1640. The van der Waals surface area contributed by atoms with Crippen molar-refractivity contribution in [1.82, 2.24) is 10.6 Å². The van der Waals surface area contributed by atoms with E-state index in [4.69, 9.17) is 8.83 Å². The molecule has 168 valence electrons. The molecule has 0 spiro atoms. The van der Waals surface area contributed by atoms with E-state index in [9.17, 15) is 24.0 Å². The van der Waals surface area contributed by atoms with Gasteiger partial charge in [0.1, 0.15) is 23.0 Å². The Labute approximate surface area is 198 Å². The van der Waals surface area contributed by atoms with Gasteiger partial charge in [-0.3, -0.25) is 29.8 Å². The molecule has 3 heterocycles. The van der Waals surface area contributed by atoms with Crippen molar-refractivity contribution >= 4 is 67.6 Å². The molecule has 2 aromatic heterocycles. The molecule has 34 heavy (non-hydrogen) atoms. The Morgan fingerprint density at radius 2 is 1.62 bits per heavy atom. The van der Waals surface area contributed by atoms with Crippen LogP contribution in [0.2, 0.25) is 0 Å². The summed E-state index contributed by atoms with van der Waals surface area (Å²) >= 11 is 3.33. The second-order valence-electron chi connectivity index (χ2n) is 7.55. The molecule has 0 bridgehead atoms. The zero-order valence-corrected chi connectivity index (χ0v) is 18.9. The third-order valence-corrected chi connectivity index (χ3v) is 5.94. The quantitative estimate of drug-likeness (QED) is 0.239. The van der Waals surface area contributed by atoms with Gasteiger partial charge in [-0.05, 0) is 43.3 Å². The minimum absolute atomic E-state index is 0.0613. The summed E-state index contributed by atoms with van der Waals surface area (Å²) in [4.78, 5) is 61.2. The molecule has 0 unspecified atom stereocenters. The van der Waals surface area contributed by atoms with E-state index < -0.39 is 28.8 Å². The molecule has 5 rings (SSSR count). The highest BCUT2D eigenvalue weighted by Crippen LogP contribution is 2.30. The number of aryl methyl sites for hydroxylation is 1. The van der Waals surface area contributed by atoms with Crippen LogP contribution in [0.4, 0.5) is 4.79 Å². The van der Waals surface area contributed by atoms with Gasteiger partial charge in [-0.1, -0.05) is 15.9 Å². The first kappa shape index (κ1) is 21.5. The van der Waals surface area contributed by atoms with Crippen molar-refractivity contribution in [3.63, 3.8) is 0 Å². The third kappa shape index (κ3) is 3.54. The molecule has 1 fully saturated rings. The van der Waals surface area contributed by atoms with Gasteiger partial charge in [0.15, 0.2) is 11.2 Å². The molecule has 1 aliphatic heterocycles. The molecule has 1 aliphatic rings. The number of hydrogen-bond donors (Lipinski definition) is 2. The highest BCUT2D eigenvalue weighted by atomic mass is 79.9. The van der Waals surface area contributed by atoms with Gasteiger partial charge < -0.3 is 8.83 Å². The van der Waals surface area contributed by atoms with Gasteiger partial charge in [0.2, 0.25) is 5.78 Å². The maximum absolute atomic E-state index is 13.1. The molecule has 2 N–H and O–H groups in total. The Morgan fingerprint density at radius 3 is 2.29 bits per heavy atom. The zero-order chi connectivity index (χ0) is 24.1. The molecule has 2 aromatic carbocycles. The average molecular weight is 521 g/mol. The lowest BCUT2D eigenvalue weighted by atomic mass is 10.0. The number of halogens is 1. The van der Waals surface area contributed by atoms with Crippen LogP contribution >= 0.6 is 15.9 Å². The van der Waals surface area contributed by atoms with Crippen LogP contribution in [-0.2, 0) is 9.59 Å². The number of carbonyl (C=O) groups excluding carboxylic acids is 4. The van der Waals surface area contributed by atoms with Gasteiger partial charge in [0.05, 0.1) is 10.9 Å². The van der Waals surface area contributed by atoms with Crippen LogP contribution in [0.1, 0.15) is 27.2 Å². The van der Waals surface area contributed by atoms with E-state index in [0.29, 0.717) is 22.1 Å². The molecule has 4 aromatic rings. The van der Waals surface area contributed by atoms with E-state index in [-0.39, 0.29) is 28.1 Å². The Kier molecular flexibility index (Phi) is 5.02. The molecule has 4 amide bonds. The van der Waals surface area contributed by atoms with Crippen LogP contribution in [0.25, 0.3) is 28.0 Å². The van der Waals surface area contributed by atoms with Crippen LogP contribution in [0.15, 0.2) is 66.3 Å². The van der Waals surface area contributed by atoms with E-state index >= 15 is 0 Å². The van der Waals surface area contributed by atoms with E-state index in [1.807, 2.05) is 10.6 Å². The van der Waals surface area contributed by atoms with Crippen molar-refractivity contribution in [2.45, 2.75) is 6.92 Å². The molecule has 0 radical (unpaired) electrons. The summed E-state index contributed by atoms with van der Waals surface area (Å²) in [6.45, 7) is 1.71. The van der Waals surface area contributed by atoms with Gasteiger partial charge in [0, 0.05) is 27.1 Å². The lowest BCUT2D eigenvalue weighted by Gasteiger charge is -2.13. The number of hydrogen-bond acceptors (Lipinski definition) is 7. The maximum Gasteiger partial charge on any atom is 0.328 e. The fourth-order valence-corrected chi connectivity index (χ4v) is 3.93. The number of amides is 4. The number of rotatable bonds is 3. The molecule has 0 atom stereocenters.